The van der Waals surface area contributed by atoms with E-state index in [2.05, 4.69) is 4.74 Å². The van der Waals surface area contributed by atoms with Crippen LogP contribution < -0.4 is 0 Å². The van der Waals surface area contributed by atoms with Gasteiger partial charge in [-0.25, -0.2) is 9.59 Å². The van der Waals surface area contributed by atoms with Crippen LogP contribution in [0.25, 0.3) is 0 Å². The number of cyclic esters (lactones) is 2. The molecular formula is C8H2Cl4O3. The molecule has 0 radical (unpaired) electrons. The van der Waals surface area contributed by atoms with Gasteiger partial charge in [0.25, 0.3) is 0 Å². The van der Waals surface area contributed by atoms with Gasteiger partial charge in [-0.05, 0) is 12.2 Å². The van der Waals surface area contributed by atoms with E-state index < -0.39 is 21.7 Å². The number of carbonyl (C=O) groups is 2. The van der Waals surface area contributed by atoms with Gasteiger partial charge >= 0.3 is 11.9 Å². The Morgan fingerprint density at radius 3 is 2.33 bits per heavy atom. The molecule has 1 aliphatic heterocycles. The first-order chi connectivity index (χ1) is 6.84. The second-order valence-electron chi connectivity index (χ2n) is 3.04. The molecule has 0 aromatic rings. The predicted octanol–water partition coefficient (Wildman–Crippen LogP) is 2.28. The zero-order chi connectivity index (χ0) is 11.4. The van der Waals surface area contributed by atoms with Gasteiger partial charge < -0.3 is 4.74 Å². The molecule has 3 nitrogen and oxygen atoms in total. The third-order valence-corrected chi connectivity index (χ3v) is 4.53. The Morgan fingerprint density at radius 2 is 1.73 bits per heavy atom. The molecule has 2 aliphatic rings. The lowest BCUT2D eigenvalue weighted by Gasteiger charge is -2.30. The van der Waals surface area contributed by atoms with Crippen LogP contribution in [0.2, 0.25) is 0 Å². The maximum atomic E-state index is 11.4. The van der Waals surface area contributed by atoms with Gasteiger partial charge in [0.15, 0.2) is 4.87 Å². The summed E-state index contributed by atoms with van der Waals surface area (Å²) in [6, 6.07) is 0. The molecule has 0 saturated carbocycles. The van der Waals surface area contributed by atoms with Crippen LogP contribution in [-0.4, -0.2) is 21.7 Å². The van der Waals surface area contributed by atoms with Crippen molar-refractivity contribution in [2.75, 3.05) is 0 Å². The summed E-state index contributed by atoms with van der Waals surface area (Å²) in [5.74, 6) is -1.97. The van der Waals surface area contributed by atoms with E-state index in [1.165, 1.54) is 12.2 Å². The summed E-state index contributed by atoms with van der Waals surface area (Å²) >= 11 is 23.4. The molecule has 0 amide bonds. The van der Waals surface area contributed by atoms with Crippen molar-refractivity contribution in [3.63, 3.8) is 0 Å². The summed E-state index contributed by atoms with van der Waals surface area (Å²) in [5, 5.41) is -0.159. The number of alkyl halides is 2. The molecule has 0 aromatic carbocycles. The first-order valence-corrected chi connectivity index (χ1v) is 5.24. The molecule has 0 spiro atoms. The first kappa shape index (κ1) is 11.3. The Balaban J connectivity index is 2.71. The minimum atomic E-state index is -1.96. The van der Waals surface area contributed by atoms with E-state index in [0.29, 0.717) is 0 Å². The Bertz CT molecular complexity index is 441. The zero-order valence-corrected chi connectivity index (χ0v) is 9.92. The Morgan fingerprint density at radius 1 is 1.13 bits per heavy atom. The van der Waals surface area contributed by atoms with Gasteiger partial charge in [0, 0.05) is 0 Å². The van der Waals surface area contributed by atoms with Gasteiger partial charge in [0.1, 0.15) is 0 Å². The second kappa shape index (κ2) is 3.14. The van der Waals surface area contributed by atoms with E-state index in [0.717, 1.165) is 0 Å². The number of hydrogen-bond acceptors (Lipinski definition) is 3. The fraction of sp³-hybridized carbons (Fsp3) is 0.250. The van der Waals surface area contributed by atoms with E-state index in [9.17, 15) is 9.59 Å². The highest BCUT2D eigenvalue weighted by Gasteiger charge is 2.70. The zero-order valence-electron chi connectivity index (χ0n) is 6.89. The Hall–Kier alpha value is -0.220. The maximum Gasteiger partial charge on any atom is 0.343 e. The predicted molar refractivity (Wildman–Crippen MR) is 56.1 cm³/mol. The van der Waals surface area contributed by atoms with Crippen LogP contribution in [0.15, 0.2) is 22.2 Å². The Labute approximate surface area is 105 Å². The topological polar surface area (TPSA) is 43.4 Å². The molecule has 1 saturated heterocycles. The van der Waals surface area contributed by atoms with Crippen LogP contribution in [0.5, 0.6) is 0 Å². The summed E-state index contributed by atoms with van der Waals surface area (Å²) in [4.78, 5) is 19.0. The number of hydrogen-bond donors (Lipinski definition) is 0. The third kappa shape index (κ3) is 1.15. The molecule has 2 unspecified atom stereocenters. The average molecular weight is 288 g/mol. The summed E-state index contributed by atoms with van der Waals surface area (Å²) in [7, 11) is 0. The van der Waals surface area contributed by atoms with E-state index in [1.807, 2.05) is 0 Å². The monoisotopic (exact) mass is 286 g/mol. The fourth-order valence-electron chi connectivity index (χ4n) is 1.38. The molecular weight excluding hydrogens is 286 g/mol. The van der Waals surface area contributed by atoms with Crippen LogP contribution in [0, 0.1) is 0 Å². The maximum absolute atomic E-state index is 11.4. The molecule has 1 aliphatic carbocycles. The smallest absolute Gasteiger partial charge is 0.343 e. The lowest BCUT2D eigenvalue weighted by molar-refractivity contribution is -0.152. The summed E-state index contributed by atoms with van der Waals surface area (Å²) < 4.78 is 4.36. The number of esters is 2. The van der Waals surface area contributed by atoms with E-state index in [1.54, 1.807) is 0 Å². The molecule has 0 N–H and O–H groups in total. The van der Waals surface area contributed by atoms with Gasteiger partial charge in [0.2, 0.25) is 4.87 Å². The standard InChI is InChI=1S/C8H2Cl4O3/c9-3-1-2-7(11)5(13)15-6(14)8(7,12)4(3)10/h1-2H. The largest absolute Gasteiger partial charge is 0.390 e. The molecule has 1 fully saturated rings. The minimum absolute atomic E-state index is 0.0505. The number of allylic oxidation sites excluding steroid dienone is 2. The molecule has 0 bridgehead atoms. The van der Waals surface area contributed by atoms with E-state index in [-0.39, 0.29) is 10.1 Å². The minimum Gasteiger partial charge on any atom is -0.390 e. The lowest BCUT2D eigenvalue weighted by Crippen LogP contribution is -2.49. The van der Waals surface area contributed by atoms with Crippen molar-refractivity contribution >= 4 is 58.3 Å². The summed E-state index contributed by atoms with van der Waals surface area (Å²) in [6.45, 7) is 0. The van der Waals surface area contributed by atoms with Crippen molar-refractivity contribution in [1.29, 1.82) is 0 Å². The highest BCUT2D eigenvalue weighted by Crippen LogP contribution is 2.53. The van der Waals surface area contributed by atoms with E-state index >= 15 is 0 Å². The van der Waals surface area contributed by atoms with E-state index in [4.69, 9.17) is 46.4 Å². The van der Waals surface area contributed by atoms with Crippen molar-refractivity contribution in [3.05, 3.63) is 22.2 Å². The van der Waals surface area contributed by atoms with Crippen molar-refractivity contribution < 1.29 is 14.3 Å². The van der Waals surface area contributed by atoms with Crippen LogP contribution >= 0.6 is 46.4 Å². The number of fused-ring (bicyclic) bond motifs is 1. The number of carbonyl (C=O) groups excluding carboxylic acids is 2. The van der Waals surface area contributed by atoms with Gasteiger partial charge in [-0.15, -0.1) is 0 Å². The molecule has 15 heavy (non-hydrogen) atoms. The fourth-order valence-corrected chi connectivity index (χ4v) is 2.52. The number of halogens is 4. The van der Waals surface area contributed by atoms with Gasteiger partial charge in [0.05, 0.1) is 10.1 Å². The summed E-state index contributed by atoms with van der Waals surface area (Å²) in [6.07, 6.45) is 2.50. The average Bonchev–Trinajstić information content (AvgIpc) is 2.36. The normalized spacial score (nSPS) is 39.5. The first-order valence-electron chi connectivity index (χ1n) is 3.73. The highest BCUT2D eigenvalue weighted by molar-refractivity contribution is 6.59. The van der Waals surface area contributed by atoms with Crippen LogP contribution in [-0.2, 0) is 14.3 Å². The third-order valence-electron chi connectivity index (χ3n) is 2.24. The van der Waals surface area contributed by atoms with Crippen molar-refractivity contribution in [2.24, 2.45) is 0 Å². The van der Waals surface area contributed by atoms with Gasteiger partial charge in [-0.3, -0.25) is 0 Å². The quantitative estimate of drug-likeness (QED) is 0.390. The molecule has 7 heteroatoms. The second-order valence-corrected chi connectivity index (χ2v) is 4.99. The van der Waals surface area contributed by atoms with Crippen LogP contribution in [0.3, 0.4) is 0 Å². The molecule has 0 aromatic heterocycles. The van der Waals surface area contributed by atoms with Gasteiger partial charge in [-0.1, -0.05) is 46.4 Å². The molecule has 2 atom stereocenters. The van der Waals surface area contributed by atoms with Crippen molar-refractivity contribution in [3.8, 4) is 0 Å². The highest BCUT2D eigenvalue weighted by atomic mass is 35.5. The molecule has 80 valence electrons. The van der Waals surface area contributed by atoms with Crippen LogP contribution in [0.1, 0.15) is 0 Å². The summed E-state index contributed by atoms with van der Waals surface area (Å²) in [5.41, 5.74) is 0. The van der Waals surface area contributed by atoms with Gasteiger partial charge in [-0.2, -0.15) is 0 Å². The number of rotatable bonds is 0. The SMILES string of the molecule is O=C1OC(=O)C2(Cl)C(Cl)=C(Cl)C=CC12Cl. The lowest BCUT2D eigenvalue weighted by atomic mass is 9.88. The van der Waals surface area contributed by atoms with Crippen molar-refractivity contribution in [2.45, 2.75) is 9.75 Å². The van der Waals surface area contributed by atoms with Crippen LogP contribution in [0.4, 0.5) is 0 Å². The Kier molecular flexibility index (Phi) is 2.36. The number of ether oxygens (including phenoxy) is 1. The molecule has 1 heterocycles. The van der Waals surface area contributed by atoms with Crippen molar-refractivity contribution in [1.82, 2.24) is 0 Å². The molecule has 2 rings (SSSR count).